The van der Waals surface area contributed by atoms with Crippen molar-refractivity contribution in [1.29, 1.82) is 0 Å². The van der Waals surface area contributed by atoms with Crippen molar-refractivity contribution >= 4 is 17.5 Å². The second-order valence-corrected chi connectivity index (χ2v) is 5.68. The van der Waals surface area contributed by atoms with Crippen molar-refractivity contribution in [1.82, 2.24) is 15.3 Å². The Morgan fingerprint density at radius 3 is 3.04 bits per heavy atom. The van der Waals surface area contributed by atoms with Gasteiger partial charge in [-0.1, -0.05) is 6.08 Å². The monoisotopic (exact) mass is 306 g/mol. The molecular weight excluding hydrogens is 292 g/mol. The van der Waals surface area contributed by atoms with Gasteiger partial charge in [-0.25, -0.2) is 9.98 Å². The van der Waals surface area contributed by atoms with Gasteiger partial charge in [-0.15, -0.1) is 0 Å². The second kappa shape index (κ2) is 5.39. The van der Waals surface area contributed by atoms with E-state index in [9.17, 15) is 9.59 Å². The summed E-state index contributed by atoms with van der Waals surface area (Å²) in [7, 11) is 0. The molecule has 3 aliphatic rings. The van der Waals surface area contributed by atoms with Gasteiger partial charge in [0.2, 0.25) is 0 Å². The summed E-state index contributed by atoms with van der Waals surface area (Å²) in [6, 6.07) is 0. The fourth-order valence-electron chi connectivity index (χ4n) is 3.24. The molecule has 0 aromatic carbocycles. The molecule has 1 unspecified atom stereocenters. The van der Waals surface area contributed by atoms with Gasteiger partial charge in [0.1, 0.15) is 5.69 Å². The maximum Gasteiger partial charge on any atom is 0.297 e. The molecule has 0 bridgehead atoms. The lowest BCUT2D eigenvalue weighted by Gasteiger charge is -2.28. The smallest absolute Gasteiger partial charge is 0.297 e. The average molecular weight is 306 g/mol. The van der Waals surface area contributed by atoms with Gasteiger partial charge >= 0.3 is 0 Å². The summed E-state index contributed by atoms with van der Waals surface area (Å²) in [5.74, 6) is -0.360. The number of allylic oxidation sites excluding steroid dienone is 3. The van der Waals surface area contributed by atoms with E-state index < -0.39 is 5.91 Å². The van der Waals surface area contributed by atoms with Crippen molar-refractivity contribution in [3.05, 3.63) is 59.4 Å². The summed E-state index contributed by atoms with van der Waals surface area (Å²) >= 11 is 0. The van der Waals surface area contributed by atoms with E-state index in [2.05, 4.69) is 20.3 Å². The molecule has 4 rings (SSSR count). The van der Waals surface area contributed by atoms with E-state index in [0.29, 0.717) is 5.71 Å². The fraction of sp³-hybridized carbons (Fsp3) is 0.235. The minimum atomic E-state index is -0.448. The number of aromatic nitrogens is 2. The van der Waals surface area contributed by atoms with Crippen LogP contribution in [0.1, 0.15) is 29.8 Å². The van der Waals surface area contributed by atoms with Crippen molar-refractivity contribution in [3.63, 3.8) is 0 Å². The minimum absolute atomic E-state index is 0.0186. The van der Waals surface area contributed by atoms with Crippen LogP contribution >= 0.6 is 0 Å². The van der Waals surface area contributed by atoms with E-state index in [0.717, 1.165) is 30.5 Å². The summed E-state index contributed by atoms with van der Waals surface area (Å²) in [6.45, 7) is 0. The molecule has 114 valence electrons. The van der Waals surface area contributed by atoms with Crippen LogP contribution < -0.4 is 5.32 Å². The maximum atomic E-state index is 12.1. The molecule has 0 spiro atoms. The van der Waals surface area contributed by atoms with Crippen molar-refractivity contribution in [2.45, 2.75) is 19.3 Å². The molecule has 1 atom stereocenters. The number of fused-ring (bicyclic) bond motifs is 2. The number of nitrogens with one attached hydrogen (secondary N) is 1. The molecule has 23 heavy (non-hydrogen) atoms. The molecule has 0 saturated carbocycles. The van der Waals surface area contributed by atoms with Crippen LogP contribution in [0.2, 0.25) is 0 Å². The highest BCUT2D eigenvalue weighted by Crippen LogP contribution is 2.39. The third kappa shape index (κ3) is 2.42. The minimum Gasteiger partial charge on any atom is -0.325 e. The largest absolute Gasteiger partial charge is 0.325 e. The Balaban J connectivity index is 1.63. The predicted octanol–water partition coefficient (Wildman–Crippen LogP) is 1.74. The van der Waals surface area contributed by atoms with Crippen molar-refractivity contribution in [2.75, 3.05) is 0 Å². The molecule has 1 aromatic rings. The Morgan fingerprint density at radius 2 is 2.22 bits per heavy atom. The Morgan fingerprint density at radius 1 is 1.30 bits per heavy atom. The zero-order chi connectivity index (χ0) is 15.8. The van der Waals surface area contributed by atoms with E-state index >= 15 is 0 Å². The molecule has 6 heteroatoms. The lowest BCUT2D eigenvalue weighted by molar-refractivity contribution is -0.117. The van der Waals surface area contributed by atoms with E-state index in [1.807, 2.05) is 12.2 Å². The molecule has 6 nitrogen and oxygen atoms in total. The number of hydrogen-bond donors (Lipinski definition) is 1. The first kappa shape index (κ1) is 13.8. The van der Waals surface area contributed by atoms with Gasteiger partial charge in [0.15, 0.2) is 0 Å². The Hall–Kier alpha value is -2.89. The SMILES string of the molecule is O=C1NC2=CC(=NC(=O)c3cnccn3)C=CC2C2=C1CCC2. The van der Waals surface area contributed by atoms with Gasteiger partial charge < -0.3 is 5.32 Å². The first-order valence-corrected chi connectivity index (χ1v) is 7.54. The number of amides is 2. The predicted molar refractivity (Wildman–Crippen MR) is 83.5 cm³/mol. The lowest BCUT2D eigenvalue weighted by Crippen LogP contribution is -2.35. The molecule has 1 N–H and O–H groups in total. The highest BCUT2D eigenvalue weighted by atomic mass is 16.2. The van der Waals surface area contributed by atoms with Crippen LogP contribution in [-0.4, -0.2) is 27.5 Å². The van der Waals surface area contributed by atoms with Crippen LogP contribution in [0.3, 0.4) is 0 Å². The third-order valence-corrected chi connectivity index (χ3v) is 4.28. The van der Waals surface area contributed by atoms with Crippen LogP contribution in [0.5, 0.6) is 0 Å². The van der Waals surface area contributed by atoms with Crippen molar-refractivity contribution in [2.24, 2.45) is 10.9 Å². The molecule has 2 aliphatic carbocycles. The van der Waals surface area contributed by atoms with E-state index in [-0.39, 0.29) is 17.5 Å². The Labute approximate surface area is 132 Å². The van der Waals surface area contributed by atoms with Gasteiger partial charge in [0.25, 0.3) is 11.8 Å². The fourth-order valence-corrected chi connectivity index (χ4v) is 3.24. The van der Waals surface area contributed by atoms with E-state index in [1.165, 1.54) is 24.2 Å². The van der Waals surface area contributed by atoms with E-state index in [4.69, 9.17) is 0 Å². The molecule has 0 saturated heterocycles. The van der Waals surface area contributed by atoms with Crippen molar-refractivity contribution in [3.8, 4) is 0 Å². The summed E-state index contributed by atoms with van der Waals surface area (Å²) < 4.78 is 0. The van der Waals surface area contributed by atoms with Crippen molar-refractivity contribution < 1.29 is 9.59 Å². The normalized spacial score (nSPS) is 24.2. The highest BCUT2D eigenvalue weighted by Gasteiger charge is 2.34. The van der Waals surface area contributed by atoms with Gasteiger partial charge in [-0.05, 0) is 37.0 Å². The maximum absolute atomic E-state index is 12.1. The zero-order valence-electron chi connectivity index (χ0n) is 12.3. The number of aliphatic imine (C=N–C) groups is 1. The zero-order valence-corrected chi connectivity index (χ0v) is 12.3. The molecule has 1 aliphatic heterocycles. The van der Waals surface area contributed by atoms with Gasteiger partial charge in [0.05, 0.1) is 11.9 Å². The Kier molecular flexibility index (Phi) is 3.22. The second-order valence-electron chi connectivity index (χ2n) is 5.68. The standard InChI is InChI=1S/C17H14N4O2/c22-16-13-3-1-2-11(13)12-5-4-10(8-14(12)21-16)20-17(23)15-9-18-6-7-19-15/h4-9,12H,1-3H2,(H,21,22). The molecule has 2 amide bonds. The third-order valence-electron chi connectivity index (χ3n) is 4.28. The number of carbonyl (C=O) groups is 2. The van der Waals surface area contributed by atoms with Gasteiger partial charge in [-0.2, -0.15) is 0 Å². The molecule has 0 fully saturated rings. The topological polar surface area (TPSA) is 84.3 Å². The number of rotatable bonds is 1. The lowest BCUT2D eigenvalue weighted by atomic mass is 9.85. The number of nitrogens with zero attached hydrogens (tertiary/aromatic N) is 3. The quantitative estimate of drug-likeness (QED) is 0.856. The van der Waals surface area contributed by atoms with Crippen LogP contribution in [0.4, 0.5) is 0 Å². The van der Waals surface area contributed by atoms with Crippen LogP contribution in [0, 0.1) is 5.92 Å². The molecule has 1 aromatic heterocycles. The van der Waals surface area contributed by atoms with Gasteiger partial charge in [-0.3, -0.25) is 14.6 Å². The summed E-state index contributed by atoms with van der Waals surface area (Å²) in [4.78, 5) is 36.0. The first-order chi connectivity index (χ1) is 11.2. The van der Waals surface area contributed by atoms with Crippen LogP contribution in [0.15, 0.2) is 58.7 Å². The summed E-state index contributed by atoms with van der Waals surface area (Å²) in [5.41, 5.74) is 3.63. The first-order valence-electron chi connectivity index (χ1n) is 7.54. The van der Waals surface area contributed by atoms with Gasteiger partial charge in [0, 0.05) is 29.6 Å². The number of carbonyl (C=O) groups excluding carboxylic acids is 2. The van der Waals surface area contributed by atoms with E-state index in [1.54, 1.807) is 6.08 Å². The van der Waals surface area contributed by atoms with Crippen LogP contribution in [-0.2, 0) is 4.79 Å². The average Bonchev–Trinajstić information content (AvgIpc) is 3.06. The molecule has 2 heterocycles. The van der Waals surface area contributed by atoms with Crippen LogP contribution in [0.25, 0.3) is 0 Å². The Bertz CT molecular complexity index is 818. The highest BCUT2D eigenvalue weighted by molar-refractivity contribution is 6.13. The molecule has 0 radical (unpaired) electrons. The number of hydrogen-bond acceptors (Lipinski definition) is 4. The molecular formula is C17H14N4O2. The summed E-state index contributed by atoms with van der Waals surface area (Å²) in [5, 5.41) is 2.93. The summed E-state index contributed by atoms with van der Waals surface area (Å²) in [6.07, 6.45) is 12.8.